The van der Waals surface area contributed by atoms with Crippen molar-refractivity contribution in [3.05, 3.63) is 65.1 Å². The molecule has 0 unspecified atom stereocenters. The zero-order chi connectivity index (χ0) is 17.1. The number of amides is 2. The van der Waals surface area contributed by atoms with Crippen LogP contribution < -0.4 is 10.2 Å². The topological polar surface area (TPSA) is 49.4 Å². The molecule has 1 fully saturated rings. The zero-order valence-corrected chi connectivity index (χ0v) is 14.5. The van der Waals surface area contributed by atoms with Gasteiger partial charge in [0, 0.05) is 12.6 Å². The Morgan fingerprint density at radius 2 is 1.79 bits per heavy atom. The Hall–Kier alpha value is -2.44. The Balaban J connectivity index is 1.94. The fourth-order valence-electron chi connectivity index (χ4n) is 2.33. The number of rotatable bonds is 3. The number of para-hydroxylation sites is 2. The van der Waals surface area contributed by atoms with Crippen LogP contribution in [0.4, 0.5) is 11.4 Å². The number of anilines is 2. The van der Waals surface area contributed by atoms with Gasteiger partial charge >= 0.3 is 0 Å². The second kappa shape index (κ2) is 6.98. The number of thiocarbonyl (C=S) groups is 1. The molecule has 4 nitrogen and oxygen atoms in total. The number of carbonyl (C=O) groups excluding carboxylic acids is 2. The van der Waals surface area contributed by atoms with E-state index in [0.29, 0.717) is 14.9 Å². The van der Waals surface area contributed by atoms with Gasteiger partial charge in [-0.15, -0.1) is 0 Å². The minimum atomic E-state index is -0.160. The lowest BCUT2D eigenvalue weighted by Gasteiger charge is -2.13. The Kier molecular flexibility index (Phi) is 4.78. The van der Waals surface area contributed by atoms with E-state index in [1.54, 1.807) is 12.1 Å². The van der Waals surface area contributed by atoms with Crippen LogP contribution in [-0.4, -0.2) is 16.1 Å². The molecule has 0 saturated carbocycles. The van der Waals surface area contributed by atoms with Crippen molar-refractivity contribution in [3.8, 4) is 0 Å². The van der Waals surface area contributed by atoms with Crippen LogP contribution in [0, 0.1) is 0 Å². The standard InChI is InChI=1S/C18H14N2O2S2/c1-12(21)19-15-10-6-5-7-13(15)11-16-17(22)20(18(23)24-16)14-8-3-2-4-9-14/h2-11H,1H3,(H,19,21)/b16-11+. The van der Waals surface area contributed by atoms with Crippen LogP contribution >= 0.6 is 24.0 Å². The predicted octanol–water partition coefficient (Wildman–Crippen LogP) is 4.05. The molecule has 120 valence electrons. The van der Waals surface area contributed by atoms with E-state index in [-0.39, 0.29) is 11.8 Å². The Morgan fingerprint density at radius 3 is 2.50 bits per heavy atom. The van der Waals surface area contributed by atoms with Gasteiger partial charge in [-0.1, -0.05) is 60.4 Å². The zero-order valence-electron chi connectivity index (χ0n) is 12.9. The Labute approximate surface area is 149 Å². The van der Waals surface area contributed by atoms with Crippen molar-refractivity contribution in [3.63, 3.8) is 0 Å². The molecule has 0 bridgehead atoms. The molecule has 3 rings (SSSR count). The minimum absolute atomic E-state index is 0.158. The van der Waals surface area contributed by atoms with Crippen LogP contribution in [0.2, 0.25) is 0 Å². The molecule has 1 heterocycles. The third-order valence-corrected chi connectivity index (χ3v) is 4.67. The fourth-order valence-corrected chi connectivity index (χ4v) is 3.62. The third kappa shape index (κ3) is 3.39. The van der Waals surface area contributed by atoms with Crippen molar-refractivity contribution in [2.24, 2.45) is 0 Å². The molecule has 0 radical (unpaired) electrons. The molecule has 0 aliphatic carbocycles. The summed E-state index contributed by atoms with van der Waals surface area (Å²) in [6.45, 7) is 1.45. The third-order valence-electron chi connectivity index (χ3n) is 3.37. The van der Waals surface area contributed by atoms with Gasteiger partial charge in [0.05, 0.1) is 10.6 Å². The van der Waals surface area contributed by atoms with Gasteiger partial charge in [0.25, 0.3) is 5.91 Å². The molecule has 1 saturated heterocycles. The smallest absolute Gasteiger partial charge is 0.270 e. The second-order valence-electron chi connectivity index (χ2n) is 5.12. The molecular formula is C18H14N2O2S2. The molecule has 2 aromatic rings. The summed E-state index contributed by atoms with van der Waals surface area (Å²) in [5, 5.41) is 2.77. The predicted molar refractivity (Wildman–Crippen MR) is 103 cm³/mol. The van der Waals surface area contributed by atoms with Crippen molar-refractivity contribution >= 4 is 57.6 Å². The van der Waals surface area contributed by atoms with Gasteiger partial charge in [0.15, 0.2) is 4.32 Å². The Morgan fingerprint density at radius 1 is 1.12 bits per heavy atom. The molecule has 0 spiro atoms. The van der Waals surface area contributed by atoms with Crippen LogP contribution in [0.25, 0.3) is 6.08 Å². The quantitative estimate of drug-likeness (QED) is 0.667. The first-order valence-corrected chi connectivity index (χ1v) is 8.48. The summed E-state index contributed by atoms with van der Waals surface area (Å²) in [7, 11) is 0. The maximum absolute atomic E-state index is 12.7. The highest BCUT2D eigenvalue weighted by atomic mass is 32.2. The summed E-state index contributed by atoms with van der Waals surface area (Å²) in [6.07, 6.45) is 1.76. The summed E-state index contributed by atoms with van der Waals surface area (Å²) in [5.74, 6) is -0.318. The summed E-state index contributed by atoms with van der Waals surface area (Å²) < 4.78 is 0.495. The van der Waals surface area contributed by atoms with E-state index in [0.717, 1.165) is 11.3 Å². The first kappa shape index (κ1) is 16.4. The molecular weight excluding hydrogens is 340 g/mol. The summed E-state index contributed by atoms with van der Waals surface area (Å²) in [6, 6.07) is 16.6. The molecule has 0 atom stereocenters. The van der Waals surface area contributed by atoms with E-state index < -0.39 is 0 Å². The normalized spacial score (nSPS) is 15.9. The number of carbonyl (C=O) groups is 2. The van der Waals surface area contributed by atoms with Gasteiger partial charge in [-0.25, -0.2) is 0 Å². The summed E-state index contributed by atoms with van der Waals surface area (Å²) >= 11 is 6.61. The van der Waals surface area contributed by atoms with Crippen LogP contribution in [0.3, 0.4) is 0 Å². The molecule has 1 aliphatic heterocycles. The monoisotopic (exact) mass is 354 g/mol. The first-order valence-electron chi connectivity index (χ1n) is 7.26. The molecule has 2 amide bonds. The van der Waals surface area contributed by atoms with Gasteiger partial charge in [0.1, 0.15) is 0 Å². The van der Waals surface area contributed by atoms with Gasteiger partial charge in [-0.2, -0.15) is 0 Å². The number of benzene rings is 2. The fraction of sp³-hybridized carbons (Fsp3) is 0.0556. The van der Waals surface area contributed by atoms with Gasteiger partial charge in [0.2, 0.25) is 5.91 Å². The van der Waals surface area contributed by atoms with Crippen LogP contribution in [0.1, 0.15) is 12.5 Å². The summed E-state index contributed by atoms with van der Waals surface area (Å²) in [5.41, 5.74) is 2.18. The highest BCUT2D eigenvalue weighted by Gasteiger charge is 2.33. The maximum atomic E-state index is 12.7. The highest BCUT2D eigenvalue weighted by molar-refractivity contribution is 8.27. The molecule has 0 aromatic heterocycles. The van der Waals surface area contributed by atoms with Crippen molar-refractivity contribution in [1.29, 1.82) is 0 Å². The lowest BCUT2D eigenvalue weighted by molar-refractivity contribution is -0.114. The lowest BCUT2D eigenvalue weighted by Crippen LogP contribution is -2.27. The van der Waals surface area contributed by atoms with Gasteiger partial charge in [-0.05, 0) is 29.8 Å². The Bertz CT molecular complexity index is 847. The van der Waals surface area contributed by atoms with E-state index in [4.69, 9.17) is 12.2 Å². The van der Waals surface area contributed by atoms with E-state index in [1.165, 1.54) is 23.6 Å². The van der Waals surface area contributed by atoms with E-state index in [1.807, 2.05) is 48.5 Å². The van der Waals surface area contributed by atoms with Crippen LogP contribution in [0.15, 0.2) is 59.5 Å². The number of hydrogen-bond donors (Lipinski definition) is 1. The molecule has 2 aromatic carbocycles. The lowest BCUT2D eigenvalue weighted by atomic mass is 10.1. The largest absolute Gasteiger partial charge is 0.326 e. The van der Waals surface area contributed by atoms with Crippen molar-refractivity contribution < 1.29 is 9.59 Å². The number of thioether (sulfide) groups is 1. The van der Waals surface area contributed by atoms with E-state index in [9.17, 15) is 9.59 Å². The summed E-state index contributed by atoms with van der Waals surface area (Å²) in [4.78, 5) is 26.1. The number of nitrogens with zero attached hydrogens (tertiary/aromatic N) is 1. The van der Waals surface area contributed by atoms with Crippen LogP contribution in [0.5, 0.6) is 0 Å². The average molecular weight is 354 g/mol. The van der Waals surface area contributed by atoms with Crippen molar-refractivity contribution in [1.82, 2.24) is 0 Å². The SMILES string of the molecule is CC(=O)Nc1ccccc1/C=C1/SC(=S)N(c2ccccc2)C1=O. The van der Waals surface area contributed by atoms with Crippen LogP contribution in [-0.2, 0) is 9.59 Å². The highest BCUT2D eigenvalue weighted by Crippen LogP contribution is 2.36. The molecule has 6 heteroatoms. The number of hydrogen-bond acceptors (Lipinski definition) is 4. The molecule has 1 aliphatic rings. The van der Waals surface area contributed by atoms with E-state index >= 15 is 0 Å². The first-order chi connectivity index (χ1) is 11.6. The van der Waals surface area contributed by atoms with E-state index in [2.05, 4.69) is 5.32 Å². The maximum Gasteiger partial charge on any atom is 0.270 e. The van der Waals surface area contributed by atoms with Crippen molar-refractivity contribution in [2.75, 3.05) is 10.2 Å². The molecule has 24 heavy (non-hydrogen) atoms. The van der Waals surface area contributed by atoms with Gasteiger partial charge < -0.3 is 5.32 Å². The number of nitrogens with one attached hydrogen (secondary N) is 1. The van der Waals surface area contributed by atoms with Gasteiger partial charge in [-0.3, -0.25) is 14.5 Å². The average Bonchev–Trinajstić information content (AvgIpc) is 2.83. The second-order valence-corrected chi connectivity index (χ2v) is 6.80. The minimum Gasteiger partial charge on any atom is -0.326 e. The van der Waals surface area contributed by atoms with Crippen molar-refractivity contribution in [2.45, 2.75) is 6.92 Å². The molecule has 1 N–H and O–H groups in total.